The molecule has 0 saturated carbocycles. The molecule has 0 radical (unpaired) electrons. The van der Waals surface area contributed by atoms with E-state index in [9.17, 15) is 4.79 Å². The van der Waals surface area contributed by atoms with Gasteiger partial charge in [0, 0.05) is 13.0 Å². The molecule has 0 N–H and O–H groups in total. The van der Waals surface area contributed by atoms with Crippen molar-refractivity contribution in [3.8, 4) is 5.75 Å². The van der Waals surface area contributed by atoms with Gasteiger partial charge < -0.3 is 14.2 Å². The van der Waals surface area contributed by atoms with Gasteiger partial charge in [-0.15, -0.1) is 0 Å². The highest BCUT2D eigenvalue weighted by molar-refractivity contribution is 5.78. The standard InChI is InChI=1S/C24H29N3O2/c1-4-23(28)26-13-7-10-21(26)24-25-19-8-5-6-9-20(19)27(24)14-15-29-22-16-17(2)11-12-18(22)3/h5-6,8-9,11-12,16,21H,4,7,10,13-15H2,1-3H3/t21-/m0/s1. The van der Waals surface area contributed by atoms with Gasteiger partial charge in [-0.25, -0.2) is 4.98 Å². The van der Waals surface area contributed by atoms with Crippen LogP contribution < -0.4 is 4.74 Å². The van der Waals surface area contributed by atoms with E-state index in [0.717, 1.165) is 47.6 Å². The zero-order chi connectivity index (χ0) is 20.4. The Morgan fingerprint density at radius 2 is 2.03 bits per heavy atom. The molecule has 29 heavy (non-hydrogen) atoms. The van der Waals surface area contributed by atoms with Crippen molar-refractivity contribution < 1.29 is 9.53 Å². The lowest BCUT2D eigenvalue weighted by Gasteiger charge is -2.25. The lowest BCUT2D eigenvalue weighted by Crippen LogP contribution is -2.31. The number of hydrogen-bond donors (Lipinski definition) is 0. The molecule has 1 atom stereocenters. The van der Waals surface area contributed by atoms with Crippen molar-refractivity contribution in [2.24, 2.45) is 0 Å². The van der Waals surface area contributed by atoms with Crippen LogP contribution in [0.15, 0.2) is 42.5 Å². The Balaban J connectivity index is 1.62. The fourth-order valence-electron chi connectivity index (χ4n) is 4.23. The van der Waals surface area contributed by atoms with Crippen molar-refractivity contribution in [2.45, 2.75) is 52.6 Å². The Bertz CT molecular complexity index is 1020. The van der Waals surface area contributed by atoms with Crippen LogP contribution in [0.2, 0.25) is 0 Å². The summed E-state index contributed by atoms with van der Waals surface area (Å²) in [7, 11) is 0. The Hall–Kier alpha value is -2.82. The normalized spacial score (nSPS) is 16.5. The lowest BCUT2D eigenvalue weighted by molar-refractivity contribution is -0.131. The van der Waals surface area contributed by atoms with E-state index in [1.165, 1.54) is 5.56 Å². The molecule has 2 aromatic carbocycles. The molecule has 0 spiro atoms. The van der Waals surface area contributed by atoms with Crippen molar-refractivity contribution in [1.29, 1.82) is 0 Å². The molecule has 3 aromatic rings. The van der Waals surface area contributed by atoms with Crippen LogP contribution in [0.25, 0.3) is 11.0 Å². The van der Waals surface area contributed by atoms with Crippen LogP contribution in [-0.4, -0.2) is 33.5 Å². The molecule has 5 heteroatoms. The fourth-order valence-corrected chi connectivity index (χ4v) is 4.23. The summed E-state index contributed by atoms with van der Waals surface area (Å²) in [4.78, 5) is 19.4. The quantitative estimate of drug-likeness (QED) is 0.606. The first-order valence-electron chi connectivity index (χ1n) is 10.5. The molecule has 1 aromatic heterocycles. The molecular weight excluding hydrogens is 362 g/mol. The number of likely N-dealkylation sites (tertiary alicyclic amines) is 1. The number of benzene rings is 2. The van der Waals surface area contributed by atoms with Crippen LogP contribution >= 0.6 is 0 Å². The third-order valence-electron chi connectivity index (χ3n) is 5.77. The number of aryl methyl sites for hydroxylation is 2. The van der Waals surface area contributed by atoms with E-state index in [-0.39, 0.29) is 11.9 Å². The smallest absolute Gasteiger partial charge is 0.222 e. The van der Waals surface area contributed by atoms with Crippen LogP contribution in [0.5, 0.6) is 5.75 Å². The van der Waals surface area contributed by atoms with Crippen molar-refractivity contribution >= 4 is 16.9 Å². The molecule has 0 bridgehead atoms. The molecule has 0 aliphatic carbocycles. The third-order valence-corrected chi connectivity index (χ3v) is 5.77. The minimum absolute atomic E-state index is 0.0514. The molecule has 1 saturated heterocycles. The maximum Gasteiger partial charge on any atom is 0.222 e. The van der Waals surface area contributed by atoms with Crippen LogP contribution in [0.4, 0.5) is 0 Å². The summed E-state index contributed by atoms with van der Waals surface area (Å²) in [5.41, 5.74) is 4.41. The number of carbonyl (C=O) groups is 1. The average molecular weight is 392 g/mol. The van der Waals surface area contributed by atoms with Gasteiger partial charge in [0.25, 0.3) is 0 Å². The topological polar surface area (TPSA) is 47.4 Å². The minimum atomic E-state index is 0.0514. The van der Waals surface area contributed by atoms with Crippen LogP contribution in [0.3, 0.4) is 0 Å². The first kappa shape index (κ1) is 19.5. The van der Waals surface area contributed by atoms with Crippen LogP contribution in [0, 0.1) is 13.8 Å². The van der Waals surface area contributed by atoms with Gasteiger partial charge >= 0.3 is 0 Å². The molecule has 2 heterocycles. The van der Waals surface area contributed by atoms with E-state index < -0.39 is 0 Å². The second-order valence-electron chi connectivity index (χ2n) is 7.83. The Morgan fingerprint density at radius 1 is 1.21 bits per heavy atom. The van der Waals surface area contributed by atoms with Crippen molar-refractivity contribution in [1.82, 2.24) is 14.5 Å². The summed E-state index contributed by atoms with van der Waals surface area (Å²) >= 11 is 0. The molecule has 0 unspecified atom stereocenters. The van der Waals surface area contributed by atoms with Gasteiger partial charge in [-0.05, 0) is 56.0 Å². The molecule has 1 aliphatic heterocycles. The molecule has 5 nitrogen and oxygen atoms in total. The molecule has 1 amide bonds. The zero-order valence-electron chi connectivity index (χ0n) is 17.5. The zero-order valence-corrected chi connectivity index (χ0v) is 17.5. The van der Waals surface area contributed by atoms with E-state index >= 15 is 0 Å². The average Bonchev–Trinajstić information content (AvgIpc) is 3.35. The summed E-state index contributed by atoms with van der Waals surface area (Å²) in [6, 6.07) is 14.5. The number of amides is 1. The summed E-state index contributed by atoms with van der Waals surface area (Å²) in [6.07, 6.45) is 2.53. The number of carbonyl (C=O) groups excluding carboxylic acids is 1. The Morgan fingerprint density at radius 3 is 2.86 bits per heavy atom. The monoisotopic (exact) mass is 391 g/mol. The molecule has 152 valence electrons. The number of nitrogens with zero attached hydrogens (tertiary/aromatic N) is 3. The van der Waals surface area contributed by atoms with Gasteiger partial charge in [0.05, 0.1) is 23.6 Å². The molecule has 4 rings (SSSR count). The second kappa shape index (κ2) is 8.27. The van der Waals surface area contributed by atoms with Gasteiger partial charge in [-0.1, -0.05) is 31.2 Å². The van der Waals surface area contributed by atoms with Crippen molar-refractivity contribution in [2.75, 3.05) is 13.2 Å². The highest BCUT2D eigenvalue weighted by Crippen LogP contribution is 2.34. The van der Waals surface area contributed by atoms with Gasteiger partial charge in [0.2, 0.25) is 5.91 Å². The number of ether oxygens (including phenoxy) is 1. The SMILES string of the molecule is CCC(=O)N1CCC[C@H]1c1nc2ccccc2n1CCOc1cc(C)ccc1C. The highest BCUT2D eigenvalue weighted by atomic mass is 16.5. The number of fused-ring (bicyclic) bond motifs is 1. The van der Waals surface area contributed by atoms with E-state index in [1.54, 1.807) is 0 Å². The van der Waals surface area contributed by atoms with Gasteiger partial charge in [0.1, 0.15) is 18.2 Å². The summed E-state index contributed by atoms with van der Waals surface area (Å²) < 4.78 is 8.37. The van der Waals surface area contributed by atoms with Gasteiger partial charge in [-0.2, -0.15) is 0 Å². The third kappa shape index (κ3) is 3.86. The maximum atomic E-state index is 12.5. The van der Waals surface area contributed by atoms with Crippen molar-refractivity contribution in [3.05, 3.63) is 59.4 Å². The maximum absolute atomic E-state index is 12.5. The summed E-state index contributed by atoms with van der Waals surface area (Å²) in [5.74, 6) is 2.12. The van der Waals surface area contributed by atoms with Crippen molar-refractivity contribution in [3.63, 3.8) is 0 Å². The first-order valence-corrected chi connectivity index (χ1v) is 10.5. The molecule has 1 aliphatic rings. The predicted molar refractivity (Wildman–Crippen MR) is 115 cm³/mol. The number of hydrogen-bond acceptors (Lipinski definition) is 3. The number of rotatable bonds is 6. The van der Waals surface area contributed by atoms with E-state index in [0.29, 0.717) is 19.6 Å². The van der Waals surface area contributed by atoms with Gasteiger partial charge in [-0.3, -0.25) is 4.79 Å². The van der Waals surface area contributed by atoms with Gasteiger partial charge in [0.15, 0.2) is 0 Å². The minimum Gasteiger partial charge on any atom is -0.491 e. The fraction of sp³-hybridized carbons (Fsp3) is 0.417. The summed E-state index contributed by atoms with van der Waals surface area (Å²) in [6.45, 7) is 8.16. The largest absolute Gasteiger partial charge is 0.491 e. The van der Waals surface area contributed by atoms with Crippen LogP contribution in [0.1, 0.15) is 49.2 Å². The lowest BCUT2D eigenvalue weighted by atomic mass is 10.1. The number of imidazole rings is 1. The Labute approximate surface area is 172 Å². The molecule has 1 fully saturated rings. The van der Waals surface area contributed by atoms with E-state index in [2.05, 4.69) is 42.7 Å². The highest BCUT2D eigenvalue weighted by Gasteiger charge is 2.32. The van der Waals surface area contributed by atoms with Crippen LogP contribution in [-0.2, 0) is 11.3 Å². The second-order valence-corrected chi connectivity index (χ2v) is 7.83. The first-order chi connectivity index (χ1) is 14.1. The number of para-hydroxylation sites is 2. The van der Waals surface area contributed by atoms with E-state index in [4.69, 9.17) is 9.72 Å². The number of aromatic nitrogens is 2. The van der Waals surface area contributed by atoms with E-state index in [1.807, 2.05) is 30.0 Å². The molecular formula is C24H29N3O2. The Kier molecular flexibility index (Phi) is 5.56. The predicted octanol–water partition coefficient (Wildman–Crippen LogP) is 4.81. The summed E-state index contributed by atoms with van der Waals surface area (Å²) in [5, 5.41) is 0.